The number of rotatable bonds is 3. The summed E-state index contributed by atoms with van der Waals surface area (Å²) in [6.45, 7) is 8.27. The average Bonchev–Trinajstić information content (AvgIpc) is 2.59. The quantitative estimate of drug-likeness (QED) is 0.819. The highest BCUT2D eigenvalue weighted by molar-refractivity contribution is 5.01. The maximum absolute atomic E-state index is 5.60. The summed E-state index contributed by atoms with van der Waals surface area (Å²) in [4.78, 5) is 0. The van der Waals surface area contributed by atoms with Crippen LogP contribution < -0.4 is 5.32 Å². The molecule has 3 aliphatic carbocycles. The van der Waals surface area contributed by atoms with Crippen LogP contribution in [0, 0.1) is 35.5 Å². The molecule has 1 heterocycles. The fourth-order valence-corrected chi connectivity index (χ4v) is 7.03. The summed E-state index contributed by atoms with van der Waals surface area (Å²) in [6, 6.07) is 1.28. The van der Waals surface area contributed by atoms with Crippen LogP contribution in [-0.2, 0) is 4.74 Å². The molecule has 0 radical (unpaired) electrons. The highest BCUT2D eigenvalue weighted by Gasteiger charge is 2.51. The van der Waals surface area contributed by atoms with E-state index in [0.717, 1.165) is 42.1 Å². The van der Waals surface area contributed by atoms with Crippen molar-refractivity contribution >= 4 is 0 Å². The molecule has 7 atom stereocenters. The Morgan fingerprint density at radius 2 is 1.35 bits per heavy atom. The van der Waals surface area contributed by atoms with Gasteiger partial charge in [0.25, 0.3) is 0 Å². The summed E-state index contributed by atoms with van der Waals surface area (Å²) in [5, 5.41) is 3.99. The molecule has 2 nitrogen and oxygen atoms in total. The molecule has 132 valence electrons. The molecule has 4 aliphatic rings. The summed E-state index contributed by atoms with van der Waals surface area (Å²) in [5.41, 5.74) is 0. The molecule has 1 aliphatic heterocycles. The van der Waals surface area contributed by atoms with Gasteiger partial charge in [0.05, 0.1) is 18.8 Å². The van der Waals surface area contributed by atoms with Crippen LogP contribution in [-0.4, -0.2) is 24.8 Å². The van der Waals surface area contributed by atoms with Crippen LogP contribution in [0.15, 0.2) is 0 Å². The minimum atomic E-state index is 0.421. The van der Waals surface area contributed by atoms with Gasteiger partial charge < -0.3 is 10.1 Å². The monoisotopic (exact) mass is 319 g/mol. The van der Waals surface area contributed by atoms with Crippen LogP contribution in [0.4, 0.5) is 0 Å². The Hall–Kier alpha value is -0.0800. The maximum Gasteiger partial charge on any atom is 0.0723 e. The molecule has 23 heavy (non-hydrogen) atoms. The number of hydrogen-bond acceptors (Lipinski definition) is 2. The van der Waals surface area contributed by atoms with E-state index >= 15 is 0 Å². The summed E-state index contributed by atoms with van der Waals surface area (Å²) in [6.07, 6.45) is 12.4. The fourth-order valence-electron chi connectivity index (χ4n) is 7.03. The van der Waals surface area contributed by atoms with Gasteiger partial charge in [0.1, 0.15) is 0 Å². The Kier molecular flexibility index (Phi) is 4.75. The van der Waals surface area contributed by atoms with Crippen molar-refractivity contribution in [2.75, 3.05) is 6.61 Å². The standard InChI is InChI=1S/C21H37NO/c1-13-16-8-4-6-10-18(16)21(19-11-7-5-9-17(13)19)14(2)22-20-12-23-15(20)3/h13-22H,4-12H2,1-3H3/t13?,14?,15-,16?,17?,18?,19?,20?,21?/m1/s1. The second kappa shape index (κ2) is 6.67. The van der Waals surface area contributed by atoms with Crippen LogP contribution in [0.2, 0.25) is 0 Å². The number of fused-ring (bicyclic) bond motifs is 2. The minimum Gasteiger partial charge on any atom is -0.375 e. The Morgan fingerprint density at radius 3 is 1.78 bits per heavy atom. The molecule has 1 saturated heterocycles. The van der Waals surface area contributed by atoms with E-state index in [9.17, 15) is 0 Å². The fraction of sp³-hybridized carbons (Fsp3) is 1.00. The number of hydrogen-bond donors (Lipinski definition) is 1. The lowest BCUT2D eigenvalue weighted by molar-refractivity contribution is -0.100. The third kappa shape index (κ3) is 2.88. The van der Waals surface area contributed by atoms with E-state index in [1.807, 2.05) is 0 Å². The van der Waals surface area contributed by atoms with E-state index in [1.165, 1.54) is 51.4 Å². The molecular formula is C21H37NO. The summed E-state index contributed by atoms with van der Waals surface area (Å²) >= 11 is 0. The van der Waals surface area contributed by atoms with Crippen LogP contribution in [0.5, 0.6) is 0 Å². The molecule has 2 heteroatoms. The minimum absolute atomic E-state index is 0.421. The van der Waals surface area contributed by atoms with Crippen molar-refractivity contribution in [2.24, 2.45) is 35.5 Å². The average molecular weight is 320 g/mol. The molecule has 0 amide bonds. The van der Waals surface area contributed by atoms with E-state index in [-0.39, 0.29) is 0 Å². The molecule has 4 fully saturated rings. The normalized spacial score (nSPS) is 51.3. The van der Waals surface area contributed by atoms with E-state index in [0.29, 0.717) is 18.2 Å². The van der Waals surface area contributed by atoms with Gasteiger partial charge in [-0.3, -0.25) is 0 Å². The summed E-state index contributed by atoms with van der Waals surface area (Å²) in [7, 11) is 0. The van der Waals surface area contributed by atoms with Crippen molar-refractivity contribution in [2.45, 2.75) is 90.3 Å². The zero-order valence-electron chi connectivity index (χ0n) is 15.5. The summed E-state index contributed by atoms with van der Waals surface area (Å²) in [5.74, 6) is 5.95. The zero-order chi connectivity index (χ0) is 16.0. The summed E-state index contributed by atoms with van der Waals surface area (Å²) < 4.78 is 5.60. The Labute approximate surface area is 143 Å². The third-order valence-electron chi connectivity index (χ3n) is 8.25. The molecule has 0 spiro atoms. The van der Waals surface area contributed by atoms with Crippen LogP contribution in [0.25, 0.3) is 0 Å². The maximum atomic E-state index is 5.60. The van der Waals surface area contributed by atoms with Crippen molar-refractivity contribution in [1.29, 1.82) is 0 Å². The molecule has 0 aromatic heterocycles. The Bertz CT molecular complexity index is 387. The van der Waals surface area contributed by atoms with E-state index in [2.05, 4.69) is 26.1 Å². The van der Waals surface area contributed by atoms with Crippen LogP contribution in [0.3, 0.4) is 0 Å². The van der Waals surface area contributed by atoms with Gasteiger partial charge in [-0.25, -0.2) is 0 Å². The van der Waals surface area contributed by atoms with Crippen molar-refractivity contribution < 1.29 is 4.74 Å². The van der Waals surface area contributed by atoms with Crippen molar-refractivity contribution in [1.82, 2.24) is 5.32 Å². The SMILES string of the molecule is CC(NC1CO[C@@H]1C)C1C2CCCCC2C(C)C2CCCCC21. The predicted molar refractivity (Wildman–Crippen MR) is 95.3 cm³/mol. The van der Waals surface area contributed by atoms with Crippen LogP contribution >= 0.6 is 0 Å². The van der Waals surface area contributed by atoms with Gasteiger partial charge in [-0.15, -0.1) is 0 Å². The van der Waals surface area contributed by atoms with Gasteiger partial charge >= 0.3 is 0 Å². The molecule has 3 saturated carbocycles. The Morgan fingerprint density at radius 1 is 0.826 bits per heavy atom. The highest BCUT2D eigenvalue weighted by Crippen LogP contribution is 2.56. The molecule has 0 aromatic carbocycles. The number of nitrogens with one attached hydrogen (secondary N) is 1. The van der Waals surface area contributed by atoms with E-state index < -0.39 is 0 Å². The first kappa shape index (κ1) is 16.4. The Balaban J connectivity index is 1.55. The van der Waals surface area contributed by atoms with Crippen molar-refractivity contribution in [3.63, 3.8) is 0 Å². The lowest BCUT2D eigenvalue weighted by Crippen LogP contribution is -2.60. The second-order valence-corrected chi connectivity index (χ2v) is 9.26. The molecule has 1 N–H and O–H groups in total. The molecule has 6 unspecified atom stereocenters. The zero-order valence-corrected chi connectivity index (χ0v) is 15.5. The van der Waals surface area contributed by atoms with Gasteiger partial charge in [0, 0.05) is 6.04 Å². The van der Waals surface area contributed by atoms with E-state index in [1.54, 1.807) is 0 Å². The molecule has 4 rings (SSSR count). The van der Waals surface area contributed by atoms with Crippen molar-refractivity contribution in [3.05, 3.63) is 0 Å². The molecule has 0 bridgehead atoms. The van der Waals surface area contributed by atoms with Crippen molar-refractivity contribution in [3.8, 4) is 0 Å². The smallest absolute Gasteiger partial charge is 0.0723 e. The van der Waals surface area contributed by atoms with Gasteiger partial charge in [-0.05, 0) is 75.0 Å². The highest BCUT2D eigenvalue weighted by atomic mass is 16.5. The molecule has 0 aromatic rings. The number of ether oxygens (including phenoxy) is 1. The van der Waals surface area contributed by atoms with Gasteiger partial charge in [0.2, 0.25) is 0 Å². The van der Waals surface area contributed by atoms with Gasteiger partial charge in [0.15, 0.2) is 0 Å². The lowest BCUT2D eigenvalue weighted by Gasteiger charge is -2.57. The first-order chi connectivity index (χ1) is 11.2. The van der Waals surface area contributed by atoms with Gasteiger partial charge in [-0.2, -0.15) is 0 Å². The van der Waals surface area contributed by atoms with Gasteiger partial charge in [-0.1, -0.05) is 32.6 Å². The van der Waals surface area contributed by atoms with E-state index in [4.69, 9.17) is 4.74 Å². The first-order valence-electron chi connectivity index (χ1n) is 10.5. The predicted octanol–water partition coefficient (Wildman–Crippen LogP) is 4.63. The first-order valence-corrected chi connectivity index (χ1v) is 10.5. The largest absolute Gasteiger partial charge is 0.375 e. The third-order valence-corrected chi connectivity index (χ3v) is 8.25. The second-order valence-electron chi connectivity index (χ2n) is 9.26. The lowest BCUT2D eigenvalue weighted by atomic mass is 9.50. The molecular weight excluding hydrogens is 282 g/mol. The van der Waals surface area contributed by atoms with Crippen LogP contribution in [0.1, 0.15) is 72.1 Å². The topological polar surface area (TPSA) is 21.3 Å².